The SMILES string of the molecule is CN1CC(O)CNS(=O)(=O)c2ccc(-c3cccnc3)cc2OCC2(CCN(C(=O)c3ccncc3)CC2)C1. The van der Waals surface area contributed by atoms with Gasteiger partial charge in [0.1, 0.15) is 10.6 Å². The van der Waals surface area contributed by atoms with E-state index in [0.717, 1.165) is 11.1 Å². The number of likely N-dealkylation sites (N-methyl/N-ethyl adjacent to an activating group) is 1. The molecule has 1 atom stereocenters. The van der Waals surface area contributed by atoms with Crippen molar-refractivity contribution in [3.8, 4) is 16.9 Å². The Hall–Kier alpha value is -3.38. The van der Waals surface area contributed by atoms with Crippen LogP contribution in [0.25, 0.3) is 11.1 Å². The number of sulfonamides is 1. The molecule has 0 radical (unpaired) electrons. The molecule has 206 valence electrons. The second-order valence-electron chi connectivity index (χ2n) is 10.4. The van der Waals surface area contributed by atoms with Crippen LogP contribution in [0.3, 0.4) is 0 Å². The van der Waals surface area contributed by atoms with Gasteiger partial charge in [0, 0.05) is 74.1 Å². The van der Waals surface area contributed by atoms with Crippen molar-refractivity contribution in [2.24, 2.45) is 5.41 Å². The van der Waals surface area contributed by atoms with Crippen molar-refractivity contribution in [3.63, 3.8) is 0 Å². The largest absolute Gasteiger partial charge is 0.492 e. The Bertz CT molecular complexity index is 1400. The number of nitrogens with zero attached hydrogens (tertiary/aromatic N) is 4. The number of aliphatic hydroxyl groups excluding tert-OH is 1. The van der Waals surface area contributed by atoms with E-state index in [-0.39, 0.29) is 35.1 Å². The Morgan fingerprint density at radius 3 is 2.56 bits per heavy atom. The van der Waals surface area contributed by atoms with E-state index in [0.29, 0.717) is 44.6 Å². The number of aliphatic hydroxyl groups is 1. The highest BCUT2D eigenvalue weighted by atomic mass is 32.2. The molecule has 0 bridgehead atoms. The van der Waals surface area contributed by atoms with Gasteiger partial charge >= 0.3 is 0 Å². The highest BCUT2D eigenvalue weighted by Gasteiger charge is 2.39. The van der Waals surface area contributed by atoms with E-state index in [4.69, 9.17) is 4.74 Å². The summed E-state index contributed by atoms with van der Waals surface area (Å²) in [5, 5.41) is 10.6. The molecule has 11 heteroatoms. The van der Waals surface area contributed by atoms with Crippen LogP contribution in [0.5, 0.6) is 5.75 Å². The minimum Gasteiger partial charge on any atom is -0.492 e. The summed E-state index contributed by atoms with van der Waals surface area (Å²) in [7, 11) is -2.03. The predicted octanol–water partition coefficient (Wildman–Crippen LogP) is 2.03. The molecule has 4 heterocycles. The number of carbonyl (C=O) groups is 1. The van der Waals surface area contributed by atoms with E-state index in [9.17, 15) is 18.3 Å². The molecule has 5 rings (SSSR count). The molecule has 2 aromatic heterocycles. The Balaban J connectivity index is 1.44. The number of fused-ring (bicyclic) bond motifs is 1. The molecule has 0 aliphatic carbocycles. The summed E-state index contributed by atoms with van der Waals surface area (Å²) in [4.78, 5) is 25.1. The summed E-state index contributed by atoms with van der Waals surface area (Å²) in [6, 6.07) is 12.1. The third kappa shape index (κ3) is 6.27. The van der Waals surface area contributed by atoms with Crippen LogP contribution in [0.4, 0.5) is 0 Å². The standard InChI is InChI=1S/C28H33N5O5S/c1-32-18-24(34)17-31-39(36,37)26-5-4-22(23-3-2-10-30-16-23)15-25(26)38-20-28(19-32)8-13-33(14-9-28)27(35)21-6-11-29-12-7-21/h2-7,10-12,15-16,24,31,34H,8-9,13-14,17-20H2,1H3. The Morgan fingerprint density at radius 2 is 1.85 bits per heavy atom. The van der Waals surface area contributed by atoms with Crippen molar-refractivity contribution < 1.29 is 23.1 Å². The molecule has 2 aliphatic rings. The number of carbonyl (C=O) groups excluding carboxylic acids is 1. The first-order chi connectivity index (χ1) is 18.7. The van der Waals surface area contributed by atoms with Crippen LogP contribution in [-0.4, -0.2) is 91.7 Å². The monoisotopic (exact) mass is 551 g/mol. The Kier molecular flexibility index (Phi) is 7.94. The highest BCUT2D eigenvalue weighted by Crippen LogP contribution is 2.37. The summed E-state index contributed by atoms with van der Waals surface area (Å²) in [6.45, 7) is 2.18. The van der Waals surface area contributed by atoms with Gasteiger partial charge in [-0.25, -0.2) is 13.1 Å². The zero-order valence-corrected chi connectivity index (χ0v) is 22.7. The number of benzene rings is 1. The number of ether oxygens (including phenoxy) is 1. The van der Waals surface area contributed by atoms with Crippen molar-refractivity contribution in [2.75, 3.05) is 46.4 Å². The molecule has 2 aliphatic heterocycles. The summed E-state index contributed by atoms with van der Waals surface area (Å²) in [5.41, 5.74) is 1.88. The van der Waals surface area contributed by atoms with Gasteiger partial charge in [-0.2, -0.15) is 0 Å². The van der Waals surface area contributed by atoms with Gasteiger partial charge in [-0.05, 0) is 55.8 Å². The van der Waals surface area contributed by atoms with Crippen LogP contribution in [0, 0.1) is 5.41 Å². The molecule has 0 saturated carbocycles. The van der Waals surface area contributed by atoms with Crippen molar-refractivity contribution in [2.45, 2.75) is 23.8 Å². The molecule has 10 nitrogen and oxygen atoms in total. The number of likely N-dealkylation sites (tertiary alicyclic amines) is 1. The topological polar surface area (TPSA) is 125 Å². The fourth-order valence-corrected chi connectivity index (χ4v) is 6.54. The summed E-state index contributed by atoms with van der Waals surface area (Å²) >= 11 is 0. The smallest absolute Gasteiger partial charge is 0.253 e. The Morgan fingerprint density at radius 1 is 1.08 bits per heavy atom. The highest BCUT2D eigenvalue weighted by molar-refractivity contribution is 7.89. The van der Waals surface area contributed by atoms with Crippen LogP contribution in [-0.2, 0) is 10.0 Å². The number of rotatable bonds is 2. The maximum atomic E-state index is 13.2. The summed E-state index contributed by atoms with van der Waals surface area (Å²) in [6.07, 6.45) is 7.08. The van der Waals surface area contributed by atoms with Crippen molar-refractivity contribution in [3.05, 3.63) is 72.8 Å². The molecule has 1 spiro atoms. The Labute approximate surface area is 228 Å². The molecule has 1 amide bonds. The molecule has 2 N–H and O–H groups in total. The van der Waals surface area contributed by atoms with Crippen LogP contribution in [0.2, 0.25) is 0 Å². The number of pyridine rings is 2. The lowest BCUT2D eigenvalue weighted by atomic mass is 9.78. The van der Waals surface area contributed by atoms with E-state index < -0.39 is 16.1 Å². The normalized spacial score (nSPS) is 21.7. The van der Waals surface area contributed by atoms with Gasteiger partial charge in [-0.15, -0.1) is 0 Å². The maximum absolute atomic E-state index is 13.2. The molecule has 1 aromatic carbocycles. The van der Waals surface area contributed by atoms with Gasteiger partial charge < -0.3 is 19.6 Å². The average Bonchev–Trinajstić information content (AvgIpc) is 2.95. The second kappa shape index (κ2) is 11.4. The fourth-order valence-electron chi connectivity index (χ4n) is 5.34. The molecule has 1 unspecified atom stereocenters. The van der Waals surface area contributed by atoms with E-state index in [1.54, 1.807) is 49.1 Å². The molecule has 1 fully saturated rings. The van der Waals surface area contributed by atoms with Crippen LogP contribution < -0.4 is 9.46 Å². The molecular weight excluding hydrogens is 518 g/mol. The minimum atomic E-state index is -3.94. The zero-order chi connectivity index (χ0) is 27.5. The van der Waals surface area contributed by atoms with Crippen LogP contribution >= 0.6 is 0 Å². The minimum absolute atomic E-state index is 0.0247. The molecule has 1 saturated heterocycles. The van der Waals surface area contributed by atoms with Gasteiger partial charge in [0.2, 0.25) is 10.0 Å². The number of amides is 1. The van der Waals surface area contributed by atoms with Gasteiger partial charge in [0.15, 0.2) is 0 Å². The fraction of sp³-hybridized carbons (Fsp3) is 0.393. The first-order valence-electron chi connectivity index (χ1n) is 13.0. The summed E-state index contributed by atoms with van der Waals surface area (Å²) in [5.74, 6) is 0.213. The average molecular weight is 552 g/mol. The second-order valence-corrected chi connectivity index (χ2v) is 12.2. The lowest BCUT2D eigenvalue weighted by Gasteiger charge is -2.44. The van der Waals surface area contributed by atoms with Gasteiger partial charge in [-0.1, -0.05) is 12.1 Å². The first kappa shape index (κ1) is 27.2. The maximum Gasteiger partial charge on any atom is 0.253 e. The van der Waals surface area contributed by atoms with E-state index in [1.807, 2.05) is 29.0 Å². The van der Waals surface area contributed by atoms with Crippen LogP contribution in [0.1, 0.15) is 23.2 Å². The number of nitrogens with one attached hydrogen (secondary N) is 1. The number of aromatic nitrogens is 2. The third-order valence-corrected chi connectivity index (χ3v) is 8.90. The van der Waals surface area contributed by atoms with Gasteiger partial charge in [0.25, 0.3) is 5.91 Å². The number of piperidine rings is 1. The summed E-state index contributed by atoms with van der Waals surface area (Å²) < 4.78 is 35.3. The van der Waals surface area contributed by atoms with Gasteiger partial charge in [0.05, 0.1) is 12.7 Å². The van der Waals surface area contributed by atoms with E-state index >= 15 is 0 Å². The number of hydrogen-bond acceptors (Lipinski definition) is 8. The molecular formula is C28H33N5O5S. The molecule has 3 aromatic rings. The van der Waals surface area contributed by atoms with Crippen LogP contribution in [0.15, 0.2) is 72.1 Å². The predicted molar refractivity (Wildman–Crippen MR) is 146 cm³/mol. The van der Waals surface area contributed by atoms with Crippen molar-refractivity contribution in [1.82, 2.24) is 24.5 Å². The number of hydrogen-bond donors (Lipinski definition) is 2. The molecule has 39 heavy (non-hydrogen) atoms. The van der Waals surface area contributed by atoms with Crippen molar-refractivity contribution in [1.29, 1.82) is 0 Å². The number of β-amino-alcohol motifs (C(OH)–C–C–N with tert-alkyl or cyclic N) is 1. The van der Waals surface area contributed by atoms with E-state index in [1.165, 1.54) is 6.07 Å². The first-order valence-corrected chi connectivity index (χ1v) is 14.5. The quantitative estimate of drug-likeness (QED) is 0.496. The lowest BCUT2D eigenvalue weighted by molar-refractivity contribution is 0.0159. The van der Waals surface area contributed by atoms with E-state index in [2.05, 4.69) is 14.7 Å². The zero-order valence-electron chi connectivity index (χ0n) is 21.9. The lowest BCUT2D eigenvalue weighted by Crippen LogP contribution is -2.51. The third-order valence-electron chi connectivity index (χ3n) is 7.44. The van der Waals surface area contributed by atoms with Crippen molar-refractivity contribution >= 4 is 15.9 Å². The van der Waals surface area contributed by atoms with Gasteiger partial charge in [-0.3, -0.25) is 14.8 Å².